The molecule has 0 atom stereocenters. The summed E-state index contributed by atoms with van der Waals surface area (Å²) >= 11 is 0. The largest absolute Gasteiger partial charge is 0.248 e. The first-order valence-corrected chi connectivity index (χ1v) is 17.6. The molecule has 1 heterocycles. The second kappa shape index (κ2) is 11.8. The van der Waals surface area contributed by atoms with E-state index < -0.39 is 5.41 Å². The van der Waals surface area contributed by atoms with Gasteiger partial charge in [0.2, 0.25) is 0 Å². The first kappa shape index (κ1) is 29.4. The molecule has 8 aromatic carbocycles. The summed E-state index contributed by atoms with van der Waals surface area (Å²) in [6.45, 7) is 0. The van der Waals surface area contributed by atoms with Crippen molar-refractivity contribution in [3.05, 3.63) is 222 Å². The van der Waals surface area contributed by atoms with Gasteiger partial charge in [0.05, 0.1) is 16.8 Å². The number of hydrogen-bond acceptors (Lipinski definition) is 1. The van der Waals surface area contributed by atoms with Crippen molar-refractivity contribution in [2.45, 2.75) is 5.41 Å². The van der Waals surface area contributed by atoms with Crippen molar-refractivity contribution in [2.75, 3.05) is 0 Å². The highest BCUT2D eigenvalue weighted by Gasteiger charge is 2.47. The topological polar surface area (TPSA) is 12.9 Å². The highest BCUT2D eigenvalue weighted by atomic mass is 14.7. The predicted octanol–water partition coefficient (Wildman–Crippen LogP) is 12.8. The van der Waals surface area contributed by atoms with Crippen LogP contribution in [0.1, 0.15) is 22.3 Å². The minimum atomic E-state index is -0.508. The molecule has 1 nitrogen and oxygen atoms in total. The highest BCUT2D eigenvalue weighted by Crippen LogP contribution is 2.59. The van der Waals surface area contributed by atoms with E-state index >= 15 is 0 Å². The Labute approximate surface area is 298 Å². The predicted molar refractivity (Wildman–Crippen MR) is 213 cm³/mol. The van der Waals surface area contributed by atoms with Crippen molar-refractivity contribution >= 4 is 21.5 Å². The maximum atomic E-state index is 5.56. The molecule has 0 saturated heterocycles. The molecule has 1 aromatic heterocycles. The average Bonchev–Trinajstić information content (AvgIpc) is 3.51. The van der Waals surface area contributed by atoms with Crippen molar-refractivity contribution in [3.63, 3.8) is 0 Å². The van der Waals surface area contributed by atoms with Gasteiger partial charge in [-0.1, -0.05) is 176 Å². The Bertz CT molecular complexity index is 2690. The van der Waals surface area contributed by atoms with Crippen LogP contribution in [0.3, 0.4) is 0 Å². The number of nitrogens with zero attached hydrogens (tertiary/aromatic N) is 1. The number of rotatable bonds is 5. The minimum absolute atomic E-state index is 0.508. The number of hydrogen-bond donors (Lipinski definition) is 0. The average molecular weight is 648 g/mol. The molecule has 0 saturated carbocycles. The first-order valence-electron chi connectivity index (χ1n) is 17.6. The molecule has 0 spiro atoms. The van der Waals surface area contributed by atoms with Crippen LogP contribution in [0, 0.1) is 0 Å². The van der Waals surface area contributed by atoms with Gasteiger partial charge in [-0.15, -0.1) is 0 Å². The monoisotopic (exact) mass is 647 g/mol. The summed E-state index contributed by atoms with van der Waals surface area (Å²) < 4.78 is 0. The van der Waals surface area contributed by atoms with E-state index in [-0.39, 0.29) is 0 Å². The second-order valence-corrected chi connectivity index (χ2v) is 13.5. The van der Waals surface area contributed by atoms with Gasteiger partial charge in [0.1, 0.15) is 0 Å². The summed E-state index contributed by atoms with van der Waals surface area (Å²) in [4.78, 5) is 5.56. The lowest BCUT2D eigenvalue weighted by molar-refractivity contribution is 0.769. The third kappa shape index (κ3) is 4.59. The highest BCUT2D eigenvalue weighted by molar-refractivity contribution is 6.09. The lowest BCUT2D eigenvalue weighted by atomic mass is 9.67. The zero-order valence-corrected chi connectivity index (χ0v) is 28.0. The van der Waals surface area contributed by atoms with Crippen LogP contribution in [0.5, 0.6) is 0 Å². The molecular weight excluding hydrogens is 615 g/mol. The van der Waals surface area contributed by atoms with Crippen molar-refractivity contribution in [3.8, 4) is 44.8 Å². The Kier molecular flexibility index (Phi) is 6.79. The van der Waals surface area contributed by atoms with Crippen molar-refractivity contribution < 1.29 is 0 Å². The van der Waals surface area contributed by atoms with Gasteiger partial charge in [0.25, 0.3) is 0 Å². The maximum Gasteiger partial charge on any atom is 0.0728 e. The summed E-state index contributed by atoms with van der Waals surface area (Å²) in [7, 11) is 0. The fraction of sp³-hybridized carbons (Fsp3) is 0.0200. The van der Waals surface area contributed by atoms with Crippen LogP contribution in [-0.4, -0.2) is 4.98 Å². The van der Waals surface area contributed by atoms with Crippen LogP contribution in [-0.2, 0) is 5.41 Å². The number of benzene rings is 8. The van der Waals surface area contributed by atoms with Crippen LogP contribution < -0.4 is 0 Å². The van der Waals surface area contributed by atoms with Gasteiger partial charge in [-0.3, -0.25) is 0 Å². The van der Waals surface area contributed by atoms with Crippen molar-refractivity contribution in [2.24, 2.45) is 0 Å². The fourth-order valence-corrected chi connectivity index (χ4v) is 8.48. The van der Waals surface area contributed by atoms with E-state index in [1.54, 1.807) is 0 Å². The molecular formula is C50H33N. The van der Waals surface area contributed by atoms with E-state index in [0.717, 1.165) is 22.5 Å². The second-order valence-electron chi connectivity index (χ2n) is 13.5. The first-order chi connectivity index (χ1) is 25.3. The molecule has 1 heteroatoms. The summed E-state index contributed by atoms with van der Waals surface area (Å²) in [5, 5.41) is 4.87. The smallest absolute Gasteiger partial charge is 0.0728 e. The Hall–Kier alpha value is -6.57. The Morgan fingerprint density at radius 3 is 1.67 bits per heavy atom. The Balaban J connectivity index is 1.35. The molecule has 0 aliphatic heterocycles. The van der Waals surface area contributed by atoms with Crippen molar-refractivity contribution in [1.29, 1.82) is 0 Å². The van der Waals surface area contributed by atoms with Gasteiger partial charge in [0, 0.05) is 11.1 Å². The van der Waals surface area contributed by atoms with Crippen LogP contribution in [0.15, 0.2) is 200 Å². The van der Waals surface area contributed by atoms with Crippen molar-refractivity contribution in [1.82, 2.24) is 4.98 Å². The summed E-state index contributed by atoms with van der Waals surface area (Å²) in [5.41, 5.74) is 13.6. The molecule has 238 valence electrons. The third-order valence-electron chi connectivity index (χ3n) is 10.7. The zero-order valence-electron chi connectivity index (χ0n) is 28.0. The molecule has 9 aromatic rings. The van der Waals surface area contributed by atoms with Crippen LogP contribution in [0.2, 0.25) is 0 Å². The summed E-state index contributed by atoms with van der Waals surface area (Å²) in [6, 6.07) is 72.9. The van der Waals surface area contributed by atoms with Crippen LogP contribution in [0.25, 0.3) is 66.3 Å². The molecule has 51 heavy (non-hydrogen) atoms. The van der Waals surface area contributed by atoms with Gasteiger partial charge in [-0.05, 0) is 90.3 Å². The SMILES string of the molecule is c1ccc(-c2cc(-c3ccc4ccccc4c3)cc(-c3c4c(cc5ccccc35)C(c3ccccc3)(c3ccccc3)c3ccccc3-4)n2)cc1. The van der Waals surface area contributed by atoms with E-state index in [9.17, 15) is 0 Å². The standard InChI is InChI=1S/C50H33N/c1-4-17-35(18-5-1)46-32-39(37-29-28-34-16-10-11-19-36(34)30-37)33-47(51-46)49-42-25-13-12-20-38(42)31-45-48(49)43-26-14-15-27-44(43)50(45,40-21-6-2-7-22-40)41-23-8-3-9-24-41/h1-33H. The number of aromatic nitrogens is 1. The molecule has 0 unspecified atom stereocenters. The Morgan fingerprint density at radius 1 is 0.333 bits per heavy atom. The van der Waals surface area contributed by atoms with E-state index in [0.29, 0.717) is 0 Å². The van der Waals surface area contributed by atoms with E-state index in [1.165, 1.54) is 66.1 Å². The summed E-state index contributed by atoms with van der Waals surface area (Å²) in [5.74, 6) is 0. The molecule has 0 bridgehead atoms. The van der Waals surface area contributed by atoms with E-state index in [4.69, 9.17) is 4.98 Å². The Morgan fingerprint density at radius 2 is 0.922 bits per heavy atom. The molecule has 0 radical (unpaired) electrons. The number of pyridine rings is 1. The summed E-state index contributed by atoms with van der Waals surface area (Å²) in [6.07, 6.45) is 0. The lowest BCUT2D eigenvalue weighted by Gasteiger charge is -2.34. The van der Waals surface area contributed by atoms with Gasteiger partial charge >= 0.3 is 0 Å². The molecule has 0 N–H and O–H groups in total. The van der Waals surface area contributed by atoms with Gasteiger partial charge in [-0.2, -0.15) is 0 Å². The quantitative estimate of drug-likeness (QED) is 0.181. The van der Waals surface area contributed by atoms with E-state index in [2.05, 4.69) is 200 Å². The maximum absolute atomic E-state index is 5.56. The lowest BCUT2D eigenvalue weighted by Crippen LogP contribution is -2.28. The zero-order chi connectivity index (χ0) is 33.8. The van der Waals surface area contributed by atoms with Crippen LogP contribution in [0.4, 0.5) is 0 Å². The minimum Gasteiger partial charge on any atom is -0.248 e. The van der Waals surface area contributed by atoms with Gasteiger partial charge in [0.15, 0.2) is 0 Å². The van der Waals surface area contributed by atoms with E-state index in [1.807, 2.05) is 0 Å². The molecule has 1 aliphatic carbocycles. The fourth-order valence-electron chi connectivity index (χ4n) is 8.48. The third-order valence-corrected chi connectivity index (χ3v) is 10.7. The van der Waals surface area contributed by atoms with Crippen LogP contribution >= 0.6 is 0 Å². The van der Waals surface area contributed by atoms with Gasteiger partial charge < -0.3 is 0 Å². The van der Waals surface area contributed by atoms with Gasteiger partial charge in [-0.25, -0.2) is 4.98 Å². The molecule has 10 rings (SSSR count). The normalized spacial score (nSPS) is 12.9. The molecule has 0 fully saturated rings. The molecule has 1 aliphatic rings. The molecule has 0 amide bonds. The number of fused-ring (bicyclic) bond motifs is 5.